The summed E-state index contributed by atoms with van der Waals surface area (Å²) in [7, 11) is 2.98. The number of esters is 1. The fourth-order valence-electron chi connectivity index (χ4n) is 3.04. The zero-order chi connectivity index (χ0) is 28.6. The number of aliphatic hydroxyl groups excluding tert-OH is 1. The van der Waals surface area contributed by atoms with Crippen molar-refractivity contribution in [2.45, 2.75) is 20.0 Å². The molecule has 2 aromatic carbocycles. The number of carbonyl (C=O) groups excluding carboxylic acids is 1. The van der Waals surface area contributed by atoms with Crippen molar-refractivity contribution in [2.24, 2.45) is 5.92 Å². The highest BCUT2D eigenvalue weighted by atomic mass is 17.2. The van der Waals surface area contributed by atoms with E-state index in [1.807, 2.05) is 26.0 Å². The SMILES string of the molecule is C=Cc1ccc(OCC(O)COc2ccc(/C=C(/C#N)C(=O)OCCOOCC(C)C)cc2OC)c(OC)c1. The van der Waals surface area contributed by atoms with Gasteiger partial charge in [0, 0.05) is 0 Å². The smallest absolute Gasteiger partial charge is 0.348 e. The van der Waals surface area contributed by atoms with Crippen LogP contribution in [0.25, 0.3) is 12.2 Å². The molecule has 10 heteroatoms. The third kappa shape index (κ3) is 10.7. The van der Waals surface area contributed by atoms with Crippen molar-refractivity contribution < 1.29 is 43.4 Å². The summed E-state index contributed by atoms with van der Waals surface area (Å²) in [6.07, 6.45) is 2.12. The third-order valence-electron chi connectivity index (χ3n) is 5.01. The summed E-state index contributed by atoms with van der Waals surface area (Å²) < 4.78 is 27.1. The molecule has 1 atom stereocenters. The lowest BCUT2D eigenvalue weighted by molar-refractivity contribution is -0.303. The van der Waals surface area contributed by atoms with Crippen LogP contribution in [0.5, 0.6) is 23.0 Å². The van der Waals surface area contributed by atoms with Crippen molar-refractivity contribution in [3.05, 3.63) is 59.7 Å². The molecule has 1 unspecified atom stereocenters. The van der Waals surface area contributed by atoms with Crippen LogP contribution in [0.1, 0.15) is 25.0 Å². The van der Waals surface area contributed by atoms with Crippen LogP contribution in [-0.4, -0.2) is 64.4 Å². The van der Waals surface area contributed by atoms with E-state index in [0.29, 0.717) is 41.1 Å². The molecule has 0 bridgehead atoms. The number of nitrogens with zero attached hydrogens (tertiary/aromatic N) is 1. The first-order valence-corrected chi connectivity index (χ1v) is 12.3. The van der Waals surface area contributed by atoms with Crippen molar-refractivity contribution in [2.75, 3.05) is 47.3 Å². The third-order valence-corrected chi connectivity index (χ3v) is 5.01. The van der Waals surface area contributed by atoms with Crippen molar-refractivity contribution in [1.82, 2.24) is 0 Å². The molecule has 0 aliphatic heterocycles. The van der Waals surface area contributed by atoms with Crippen LogP contribution in [0, 0.1) is 17.2 Å². The predicted octanol–water partition coefficient (Wildman–Crippen LogP) is 4.22. The average Bonchev–Trinajstić information content (AvgIpc) is 2.95. The molecule has 0 spiro atoms. The predicted molar refractivity (Wildman–Crippen MR) is 144 cm³/mol. The number of methoxy groups -OCH3 is 2. The first-order chi connectivity index (χ1) is 18.8. The first kappa shape index (κ1) is 31.2. The van der Waals surface area contributed by atoms with Crippen LogP contribution in [0.3, 0.4) is 0 Å². The summed E-state index contributed by atoms with van der Waals surface area (Å²) in [6.45, 7) is 7.97. The molecule has 10 nitrogen and oxygen atoms in total. The monoisotopic (exact) mass is 541 g/mol. The quantitative estimate of drug-likeness (QED) is 0.0777. The van der Waals surface area contributed by atoms with Crippen molar-refractivity contribution in [3.63, 3.8) is 0 Å². The molecule has 0 aliphatic rings. The van der Waals surface area contributed by atoms with E-state index in [0.717, 1.165) is 5.56 Å². The Morgan fingerprint density at radius 2 is 1.51 bits per heavy atom. The molecule has 0 aromatic heterocycles. The molecule has 0 aliphatic carbocycles. The second-order valence-electron chi connectivity index (χ2n) is 8.61. The minimum atomic E-state index is -0.946. The summed E-state index contributed by atoms with van der Waals surface area (Å²) in [4.78, 5) is 22.1. The number of ether oxygens (including phenoxy) is 5. The van der Waals surface area contributed by atoms with E-state index in [4.69, 9.17) is 33.5 Å². The van der Waals surface area contributed by atoms with Crippen LogP contribution >= 0.6 is 0 Å². The second-order valence-corrected chi connectivity index (χ2v) is 8.61. The fraction of sp³-hybridized carbons (Fsp3) is 0.379. The normalized spacial score (nSPS) is 11.9. The molecule has 0 amide bonds. The maximum Gasteiger partial charge on any atom is 0.348 e. The Hall–Kier alpha value is -4.04. The highest BCUT2D eigenvalue weighted by Gasteiger charge is 2.14. The Morgan fingerprint density at radius 3 is 2.05 bits per heavy atom. The molecule has 0 radical (unpaired) electrons. The molecule has 0 saturated heterocycles. The lowest BCUT2D eigenvalue weighted by Gasteiger charge is -2.17. The highest BCUT2D eigenvalue weighted by Crippen LogP contribution is 2.30. The number of benzene rings is 2. The summed E-state index contributed by atoms with van der Waals surface area (Å²) >= 11 is 0. The number of rotatable bonds is 17. The molecule has 0 saturated carbocycles. The minimum Gasteiger partial charge on any atom is -0.493 e. The molecule has 39 heavy (non-hydrogen) atoms. The van der Waals surface area contributed by atoms with Gasteiger partial charge < -0.3 is 28.8 Å². The van der Waals surface area contributed by atoms with Gasteiger partial charge in [0.05, 0.1) is 20.8 Å². The van der Waals surface area contributed by atoms with Crippen LogP contribution in [0.15, 0.2) is 48.6 Å². The molecular weight excluding hydrogens is 506 g/mol. The number of hydrogen-bond acceptors (Lipinski definition) is 10. The standard InChI is InChI=1S/C29H35NO9/c1-6-21-7-9-25(27(14-21)33-4)36-18-24(31)19-37-26-10-8-22(15-28(26)34-5)13-23(16-30)29(32)35-11-12-38-39-17-20(2)3/h6-10,13-15,20,24,31H,1,11-12,17-19H2,2-5H3/b23-13-. The van der Waals surface area contributed by atoms with Gasteiger partial charge >= 0.3 is 5.97 Å². The largest absolute Gasteiger partial charge is 0.493 e. The van der Waals surface area contributed by atoms with E-state index in [2.05, 4.69) is 6.58 Å². The summed E-state index contributed by atoms with van der Waals surface area (Å²) in [5.74, 6) is 1.23. The Balaban J connectivity index is 1.92. The van der Waals surface area contributed by atoms with E-state index in [9.17, 15) is 15.2 Å². The van der Waals surface area contributed by atoms with E-state index < -0.39 is 12.1 Å². The van der Waals surface area contributed by atoms with Gasteiger partial charge in [0.25, 0.3) is 0 Å². The summed E-state index contributed by atoms with van der Waals surface area (Å²) in [6, 6.07) is 12.0. The molecule has 0 fully saturated rings. The van der Waals surface area contributed by atoms with Gasteiger partial charge in [-0.15, -0.1) is 0 Å². The average molecular weight is 542 g/mol. The van der Waals surface area contributed by atoms with Gasteiger partial charge in [0.15, 0.2) is 23.0 Å². The van der Waals surface area contributed by atoms with Crippen LogP contribution in [0.4, 0.5) is 0 Å². The molecule has 210 valence electrons. The maximum atomic E-state index is 12.2. The molecular formula is C29H35NO9. The van der Waals surface area contributed by atoms with Gasteiger partial charge in [-0.3, -0.25) is 0 Å². The van der Waals surface area contributed by atoms with Gasteiger partial charge in [0.1, 0.15) is 44.2 Å². The van der Waals surface area contributed by atoms with Gasteiger partial charge in [-0.1, -0.05) is 38.6 Å². The van der Waals surface area contributed by atoms with E-state index in [1.54, 1.807) is 36.4 Å². The maximum absolute atomic E-state index is 12.2. The first-order valence-electron chi connectivity index (χ1n) is 12.3. The number of carbonyl (C=O) groups is 1. The lowest BCUT2D eigenvalue weighted by atomic mass is 10.1. The van der Waals surface area contributed by atoms with Crippen LogP contribution < -0.4 is 18.9 Å². The van der Waals surface area contributed by atoms with Crippen LogP contribution in [-0.2, 0) is 19.3 Å². The molecule has 0 heterocycles. The zero-order valence-corrected chi connectivity index (χ0v) is 22.7. The Bertz CT molecular complexity index is 1150. The van der Waals surface area contributed by atoms with Crippen molar-refractivity contribution in [1.29, 1.82) is 5.26 Å². The molecule has 1 N–H and O–H groups in total. The van der Waals surface area contributed by atoms with Gasteiger partial charge in [0.2, 0.25) is 0 Å². The van der Waals surface area contributed by atoms with E-state index >= 15 is 0 Å². The van der Waals surface area contributed by atoms with E-state index in [1.165, 1.54) is 20.3 Å². The van der Waals surface area contributed by atoms with Gasteiger partial charge in [-0.2, -0.15) is 5.26 Å². The Kier molecular flexibility index (Phi) is 13.4. The van der Waals surface area contributed by atoms with E-state index in [-0.39, 0.29) is 32.0 Å². The summed E-state index contributed by atoms with van der Waals surface area (Å²) in [5.41, 5.74) is 1.20. The topological polar surface area (TPSA) is 126 Å². The van der Waals surface area contributed by atoms with Gasteiger partial charge in [-0.05, 0) is 47.4 Å². The van der Waals surface area contributed by atoms with Crippen molar-refractivity contribution >= 4 is 18.1 Å². The highest BCUT2D eigenvalue weighted by molar-refractivity contribution is 5.98. The molecule has 2 rings (SSSR count). The minimum absolute atomic E-state index is 0.0323. The van der Waals surface area contributed by atoms with Crippen LogP contribution in [0.2, 0.25) is 0 Å². The van der Waals surface area contributed by atoms with Crippen molar-refractivity contribution in [3.8, 4) is 29.1 Å². The number of nitriles is 1. The zero-order valence-electron chi connectivity index (χ0n) is 22.7. The Labute approximate surface area is 228 Å². The second kappa shape index (κ2) is 16.7. The van der Waals surface area contributed by atoms with Gasteiger partial charge in [-0.25, -0.2) is 14.6 Å². The molecule has 2 aromatic rings. The summed E-state index contributed by atoms with van der Waals surface area (Å²) in [5, 5.41) is 19.7. The number of aliphatic hydroxyl groups is 1. The Morgan fingerprint density at radius 1 is 0.923 bits per heavy atom. The lowest BCUT2D eigenvalue weighted by Crippen LogP contribution is -2.25. The number of hydrogen-bond donors (Lipinski definition) is 1. The fourth-order valence-corrected chi connectivity index (χ4v) is 3.04.